The van der Waals surface area contributed by atoms with Gasteiger partial charge in [0.2, 0.25) is 0 Å². The number of hydrogen-bond donors (Lipinski definition) is 2. The summed E-state index contributed by atoms with van der Waals surface area (Å²) in [6.07, 6.45) is 9.41. The van der Waals surface area contributed by atoms with Gasteiger partial charge in [0.15, 0.2) is 0 Å². The Balaban J connectivity index is 1.56. The fourth-order valence-corrected chi connectivity index (χ4v) is 2.98. The van der Waals surface area contributed by atoms with Gasteiger partial charge in [-0.15, -0.1) is 0 Å². The minimum Gasteiger partial charge on any atom is -0.350 e. The number of benzene rings is 1. The molecule has 1 heterocycles. The molecule has 1 aromatic heterocycles. The zero-order valence-electron chi connectivity index (χ0n) is 14.7. The van der Waals surface area contributed by atoms with Crippen LogP contribution < -0.4 is 10.6 Å². The summed E-state index contributed by atoms with van der Waals surface area (Å²) in [6, 6.07) is 12.3. The van der Waals surface area contributed by atoms with Gasteiger partial charge in [0.05, 0.1) is 0 Å². The van der Waals surface area contributed by atoms with Crippen LogP contribution in [0.25, 0.3) is 0 Å². The minimum atomic E-state index is -0.264. The second-order valence-electron chi connectivity index (χ2n) is 6.36. The lowest BCUT2D eigenvalue weighted by atomic mass is 9.97. The maximum Gasteiger partial charge on any atom is 0.269 e. The predicted octanol–water partition coefficient (Wildman–Crippen LogP) is 3.95. The van der Waals surface area contributed by atoms with Crippen LogP contribution in [0.15, 0.2) is 60.3 Å². The van der Waals surface area contributed by atoms with Crippen LogP contribution in [0, 0.1) is 0 Å². The molecule has 2 aromatic rings. The highest BCUT2D eigenvalue weighted by molar-refractivity contribution is 6.05. The fraction of sp³-hybridized carbons (Fsp3) is 0.286. The maximum absolute atomic E-state index is 12.3. The van der Waals surface area contributed by atoms with Crippen molar-refractivity contribution in [3.8, 4) is 0 Å². The lowest BCUT2D eigenvalue weighted by Crippen LogP contribution is -2.26. The number of nitrogens with zero attached hydrogens (tertiary/aromatic N) is 1. The van der Waals surface area contributed by atoms with E-state index < -0.39 is 0 Å². The molecule has 0 saturated heterocycles. The van der Waals surface area contributed by atoms with Crippen molar-refractivity contribution in [1.29, 1.82) is 0 Å². The van der Waals surface area contributed by atoms with Crippen molar-refractivity contribution in [1.82, 2.24) is 10.3 Å². The number of allylic oxidation sites excluding steroid dienone is 1. The number of carbonyl (C=O) groups excluding carboxylic acids is 2. The average Bonchev–Trinajstić information content (AvgIpc) is 2.69. The largest absolute Gasteiger partial charge is 0.350 e. The summed E-state index contributed by atoms with van der Waals surface area (Å²) >= 11 is 0. The van der Waals surface area contributed by atoms with Gasteiger partial charge in [-0.25, -0.2) is 0 Å². The van der Waals surface area contributed by atoms with Gasteiger partial charge in [0.25, 0.3) is 11.8 Å². The van der Waals surface area contributed by atoms with Gasteiger partial charge in [-0.3, -0.25) is 14.6 Å². The second-order valence-corrected chi connectivity index (χ2v) is 6.36. The molecule has 26 heavy (non-hydrogen) atoms. The zero-order valence-corrected chi connectivity index (χ0v) is 14.7. The van der Waals surface area contributed by atoms with Crippen LogP contribution in [0.1, 0.15) is 53.0 Å². The number of amides is 2. The van der Waals surface area contributed by atoms with E-state index in [4.69, 9.17) is 0 Å². The molecule has 2 amide bonds. The van der Waals surface area contributed by atoms with E-state index in [1.54, 1.807) is 6.07 Å². The van der Waals surface area contributed by atoms with Gasteiger partial charge in [0.1, 0.15) is 5.69 Å². The van der Waals surface area contributed by atoms with Gasteiger partial charge in [-0.1, -0.05) is 29.8 Å². The third kappa shape index (κ3) is 5.02. The van der Waals surface area contributed by atoms with E-state index in [0.29, 0.717) is 17.8 Å². The normalized spacial score (nSPS) is 13.6. The molecule has 1 aromatic carbocycles. The van der Waals surface area contributed by atoms with Crippen LogP contribution in [0.4, 0.5) is 5.69 Å². The van der Waals surface area contributed by atoms with Crippen LogP contribution in [0.3, 0.4) is 0 Å². The van der Waals surface area contributed by atoms with Gasteiger partial charge in [-0.05, 0) is 56.4 Å². The summed E-state index contributed by atoms with van der Waals surface area (Å²) in [5.74, 6) is -0.518. The van der Waals surface area contributed by atoms with Crippen molar-refractivity contribution in [3.05, 3.63) is 71.6 Å². The topological polar surface area (TPSA) is 71.1 Å². The molecule has 0 fully saturated rings. The van der Waals surface area contributed by atoms with Gasteiger partial charge in [0, 0.05) is 24.0 Å². The lowest BCUT2D eigenvalue weighted by Gasteiger charge is -2.13. The van der Waals surface area contributed by atoms with Crippen LogP contribution >= 0.6 is 0 Å². The number of pyridine rings is 1. The Labute approximate surface area is 153 Å². The Morgan fingerprint density at radius 2 is 1.88 bits per heavy atom. The molecule has 0 aliphatic heterocycles. The molecule has 0 spiro atoms. The second kappa shape index (κ2) is 8.94. The highest BCUT2D eigenvalue weighted by Crippen LogP contribution is 2.19. The number of aromatic nitrogens is 1. The number of hydrogen-bond acceptors (Lipinski definition) is 3. The molecule has 0 saturated carbocycles. The Kier molecular flexibility index (Phi) is 6.14. The van der Waals surface area contributed by atoms with Crippen molar-refractivity contribution >= 4 is 17.5 Å². The quantitative estimate of drug-likeness (QED) is 0.776. The van der Waals surface area contributed by atoms with E-state index >= 15 is 0 Å². The monoisotopic (exact) mass is 349 g/mol. The summed E-state index contributed by atoms with van der Waals surface area (Å²) in [7, 11) is 0. The third-order valence-corrected chi connectivity index (χ3v) is 4.40. The standard InChI is InChI=1S/C21H23N3O2/c25-20(24-18-9-5-2-6-10-18)17-12-14-22-19(15-17)21(26)23-13-11-16-7-3-1-4-8-16/h2,5-7,9-10,12,14-15H,1,3-4,8,11,13H2,(H,23,26)(H,24,25). The van der Waals surface area contributed by atoms with Crippen molar-refractivity contribution in [3.63, 3.8) is 0 Å². The van der Waals surface area contributed by atoms with E-state index in [1.165, 1.54) is 30.7 Å². The number of anilines is 1. The molecule has 1 aliphatic carbocycles. The molecule has 134 valence electrons. The van der Waals surface area contributed by atoms with E-state index in [0.717, 1.165) is 19.3 Å². The smallest absolute Gasteiger partial charge is 0.269 e. The molecule has 5 nitrogen and oxygen atoms in total. The van der Waals surface area contributed by atoms with Gasteiger partial charge >= 0.3 is 0 Å². The molecular weight excluding hydrogens is 326 g/mol. The molecule has 0 bridgehead atoms. The number of para-hydroxylation sites is 1. The van der Waals surface area contributed by atoms with Crippen molar-refractivity contribution < 1.29 is 9.59 Å². The fourth-order valence-electron chi connectivity index (χ4n) is 2.98. The number of rotatable bonds is 6. The molecule has 3 rings (SSSR count). The first-order valence-corrected chi connectivity index (χ1v) is 9.01. The van der Waals surface area contributed by atoms with Crippen LogP contribution in [0.2, 0.25) is 0 Å². The Morgan fingerprint density at radius 3 is 2.65 bits per heavy atom. The Hall–Kier alpha value is -2.95. The first-order valence-electron chi connectivity index (χ1n) is 9.01. The van der Waals surface area contributed by atoms with Crippen molar-refractivity contribution in [2.24, 2.45) is 0 Å². The van der Waals surface area contributed by atoms with Crippen molar-refractivity contribution in [2.75, 3.05) is 11.9 Å². The highest BCUT2D eigenvalue weighted by atomic mass is 16.2. The summed E-state index contributed by atoms with van der Waals surface area (Å²) in [5.41, 5.74) is 2.79. The summed E-state index contributed by atoms with van der Waals surface area (Å²) in [5, 5.41) is 5.69. The lowest BCUT2D eigenvalue weighted by molar-refractivity contribution is 0.0949. The molecular formula is C21H23N3O2. The Morgan fingerprint density at radius 1 is 1.04 bits per heavy atom. The van der Waals surface area contributed by atoms with E-state index in [-0.39, 0.29) is 17.5 Å². The molecule has 1 aliphatic rings. The predicted molar refractivity (Wildman–Crippen MR) is 102 cm³/mol. The van der Waals surface area contributed by atoms with Gasteiger partial charge < -0.3 is 10.6 Å². The van der Waals surface area contributed by atoms with Crippen LogP contribution in [-0.4, -0.2) is 23.3 Å². The average molecular weight is 349 g/mol. The Bertz CT molecular complexity index is 800. The first-order chi connectivity index (χ1) is 12.7. The summed E-state index contributed by atoms with van der Waals surface area (Å²) in [4.78, 5) is 28.7. The number of nitrogens with one attached hydrogen (secondary N) is 2. The summed E-state index contributed by atoms with van der Waals surface area (Å²) in [6.45, 7) is 0.590. The van der Waals surface area contributed by atoms with Gasteiger partial charge in [-0.2, -0.15) is 0 Å². The SMILES string of the molecule is O=C(Nc1ccccc1)c1ccnc(C(=O)NCCC2=CCCCC2)c1. The van der Waals surface area contributed by atoms with Crippen LogP contribution in [-0.2, 0) is 0 Å². The summed E-state index contributed by atoms with van der Waals surface area (Å²) < 4.78 is 0. The first kappa shape index (κ1) is 17.9. The van der Waals surface area contributed by atoms with E-state index in [1.807, 2.05) is 30.3 Å². The van der Waals surface area contributed by atoms with Crippen LogP contribution in [0.5, 0.6) is 0 Å². The van der Waals surface area contributed by atoms with E-state index in [9.17, 15) is 9.59 Å². The molecule has 0 atom stereocenters. The molecule has 0 radical (unpaired) electrons. The molecule has 0 unspecified atom stereocenters. The zero-order chi connectivity index (χ0) is 18.2. The minimum absolute atomic E-state index is 0.253. The highest BCUT2D eigenvalue weighted by Gasteiger charge is 2.12. The molecule has 5 heteroatoms. The third-order valence-electron chi connectivity index (χ3n) is 4.40. The maximum atomic E-state index is 12.3. The number of carbonyl (C=O) groups is 2. The molecule has 2 N–H and O–H groups in total. The van der Waals surface area contributed by atoms with Crippen molar-refractivity contribution in [2.45, 2.75) is 32.1 Å². The van der Waals surface area contributed by atoms with E-state index in [2.05, 4.69) is 21.7 Å².